The molecule has 1 rings (SSSR count). The van der Waals surface area contributed by atoms with Gasteiger partial charge in [0.1, 0.15) is 0 Å². The molecule has 0 atom stereocenters. The molecule has 0 bridgehead atoms. The van der Waals surface area contributed by atoms with Crippen LogP contribution in [-0.4, -0.2) is 13.0 Å². The number of nitrogens with one attached hydrogen (secondary N) is 1. The zero-order chi connectivity index (χ0) is 11.0. The number of para-hydroxylation sites is 1. The van der Waals surface area contributed by atoms with Gasteiger partial charge in [-0.15, -0.1) is 0 Å². The molecule has 0 heterocycles. The molecule has 0 fully saturated rings. The average Bonchev–Trinajstić information content (AvgIpc) is 2.22. The maximum Gasteiger partial charge on any atom is 0.276 e. The van der Waals surface area contributed by atoms with Crippen LogP contribution < -0.4 is 11.2 Å². The monoisotopic (exact) mass is 196 g/mol. The molecule has 0 aromatic heterocycles. The van der Waals surface area contributed by atoms with Crippen LogP contribution in [0, 0.1) is 0 Å². The fourth-order valence-electron chi connectivity index (χ4n) is 0.851. The lowest BCUT2D eigenvalue weighted by molar-refractivity contribution is 0.0538. The van der Waals surface area contributed by atoms with Crippen molar-refractivity contribution in [2.45, 2.75) is 13.8 Å². The van der Waals surface area contributed by atoms with Crippen LogP contribution in [0.2, 0.25) is 0 Å². The summed E-state index contributed by atoms with van der Waals surface area (Å²) in [5.74, 6) is -0.337. The first-order valence-corrected chi connectivity index (χ1v) is 4.43. The largest absolute Gasteiger partial charge is 0.398 e. The van der Waals surface area contributed by atoms with Crippen molar-refractivity contribution >= 4 is 11.6 Å². The number of hydrogen-bond donors (Lipinski definition) is 2. The minimum Gasteiger partial charge on any atom is -0.398 e. The molecule has 14 heavy (non-hydrogen) atoms. The van der Waals surface area contributed by atoms with Gasteiger partial charge >= 0.3 is 0 Å². The van der Waals surface area contributed by atoms with Crippen molar-refractivity contribution < 1.29 is 9.63 Å². The van der Waals surface area contributed by atoms with E-state index in [9.17, 15) is 4.79 Å². The number of hydrogen-bond acceptors (Lipinski definition) is 3. The average molecular weight is 196 g/mol. The van der Waals surface area contributed by atoms with E-state index < -0.39 is 0 Å². The lowest BCUT2D eigenvalue weighted by atomic mass is 10.2. The van der Waals surface area contributed by atoms with Crippen LogP contribution in [0.5, 0.6) is 0 Å². The molecule has 0 unspecified atom stereocenters. The van der Waals surface area contributed by atoms with Crippen molar-refractivity contribution in [1.82, 2.24) is 5.48 Å². The predicted molar refractivity (Wildman–Crippen MR) is 56.7 cm³/mol. The van der Waals surface area contributed by atoms with Gasteiger partial charge in [0.05, 0.1) is 12.7 Å². The summed E-state index contributed by atoms with van der Waals surface area (Å²) in [6.45, 7) is 4.00. The number of nitrogen functional groups attached to an aromatic ring is 1. The Hall–Kier alpha value is -1.55. The van der Waals surface area contributed by atoms with Crippen molar-refractivity contribution in [2.24, 2.45) is 0 Å². The second kappa shape index (κ2) is 6.91. The highest BCUT2D eigenvalue weighted by Gasteiger charge is 2.06. The number of carbonyl (C=O) groups excluding carboxylic acids is 1. The number of hydroxylamine groups is 1. The maximum absolute atomic E-state index is 11.1. The number of carbonyl (C=O) groups is 1. The fourth-order valence-corrected chi connectivity index (χ4v) is 0.851. The van der Waals surface area contributed by atoms with Crippen LogP contribution in [0.15, 0.2) is 24.3 Å². The van der Waals surface area contributed by atoms with E-state index in [1.807, 2.05) is 13.8 Å². The summed E-state index contributed by atoms with van der Waals surface area (Å²) in [7, 11) is 1.37. The van der Waals surface area contributed by atoms with Gasteiger partial charge in [0.25, 0.3) is 5.91 Å². The van der Waals surface area contributed by atoms with E-state index in [4.69, 9.17) is 5.73 Å². The molecule has 0 spiro atoms. The summed E-state index contributed by atoms with van der Waals surface area (Å²) in [6.07, 6.45) is 0. The Balaban J connectivity index is 0.000000791. The Morgan fingerprint density at radius 1 is 1.36 bits per heavy atom. The molecule has 0 aliphatic carbocycles. The van der Waals surface area contributed by atoms with E-state index in [1.165, 1.54) is 7.11 Å². The first-order chi connectivity index (χ1) is 6.75. The first kappa shape index (κ1) is 12.4. The number of amides is 1. The number of benzene rings is 1. The summed E-state index contributed by atoms with van der Waals surface area (Å²) in [6, 6.07) is 6.79. The van der Waals surface area contributed by atoms with Crippen molar-refractivity contribution in [3.05, 3.63) is 29.8 Å². The molecule has 0 saturated heterocycles. The molecule has 0 aliphatic heterocycles. The highest BCUT2D eigenvalue weighted by molar-refractivity contribution is 5.98. The van der Waals surface area contributed by atoms with Gasteiger partial charge in [0.15, 0.2) is 0 Å². The van der Waals surface area contributed by atoms with Gasteiger partial charge in [-0.2, -0.15) is 0 Å². The molecule has 4 nitrogen and oxygen atoms in total. The van der Waals surface area contributed by atoms with Crippen LogP contribution in [0.1, 0.15) is 24.2 Å². The Morgan fingerprint density at radius 3 is 2.43 bits per heavy atom. The summed E-state index contributed by atoms with van der Waals surface area (Å²) in [5, 5.41) is 0. The van der Waals surface area contributed by atoms with E-state index >= 15 is 0 Å². The Morgan fingerprint density at radius 2 is 1.93 bits per heavy atom. The van der Waals surface area contributed by atoms with E-state index in [-0.39, 0.29) is 5.91 Å². The van der Waals surface area contributed by atoms with E-state index in [2.05, 4.69) is 10.3 Å². The van der Waals surface area contributed by atoms with Crippen LogP contribution in [0.25, 0.3) is 0 Å². The Bertz CT molecular complexity index is 287. The van der Waals surface area contributed by atoms with Crippen molar-refractivity contribution in [3.8, 4) is 0 Å². The van der Waals surface area contributed by atoms with Crippen LogP contribution >= 0.6 is 0 Å². The molecule has 0 radical (unpaired) electrons. The minimum absolute atomic E-state index is 0.337. The van der Waals surface area contributed by atoms with Gasteiger partial charge in [-0.1, -0.05) is 26.0 Å². The van der Waals surface area contributed by atoms with Gasteiger partial charge < -0.3 is 5.73 Å². The number of nitrogens with two attached hydrogens (primary N) is 1. The third kappa shape index (κ3) is 3.45. The topological polar surface area (TPSA) is 64.3 Å². The van der Waals surface area contributed by atoms with Gasteiger partial charge in [0.2, 0.25) is 0 Å². The maximum atomic E-state index is 11.1. The fraction of sp³-hybridized carbons (Fsp3) is 0.300. The molecule has 3 N–H and O–H groups in total. The highest BCUT2D eigenvalue weighted by Crippen LogP contribution is 2.09. The van der Waals surface area contributed by atoms with Gasteiger partial charge in [-0.05, 0) is 12.1 Å². The molecule has 4 heteroatoms. The van der Waals surface area contributed by atoms with Crippen LogP contribution in [0.3, 0.4) is 0 Å². The van der Waals surface area contributed by atoms with Gasteiger partial charge in [0, 0.05) is 5.69 Å². The van der Waals surface area contributed by atoms with E-state index in [0.717, 1.165) is 0 Å². The minimum atomic E-state index is -0.337. The molecular formula is C10H16N2O2. The van der Waals surface area contributed by atoms with Crippen molar-refractivity contribution in [2.75, 3.05) is 12.8 Å². The molecule has 0 saturated carbocycles. The predicted octanol–water partition coefficient (Wildman–Crippen LogP) is 1.59. The SMILES string of the molecule is CC.CONC(=O)c1ccccc1N. The highest BCUT2D eigenvalue weighted by atomic mass is 16.6. The molecule has 1 amide bonds. The summed E-state index contributed by atoms with van der Waals surface area (Å²) in [5.41, 5.74) is 8.57. The lowest BCUT2D eigenvalue weighted by Crippen LogP contribution is -2.22. The summed E-state index contributed by atoms with van der Waals surface area (Å²) >= 11 is 0. The number of anilines is 1. The standard InChI is InChI=1S/C8H10N2O2.C2H6/c1-12-10-8(11)6-4-2-3-5-7(6)9;1-2/h2-5H,9H2,1H3,(H,10,11);1-2H3. The molecule has 78 valence electrons. The normalized spacial score (nSPS) is 8.50. The van der Waals surface area contributed by atoms with Gasteiger partial charge in [-0.3, -0.25) is 9.63 Å². The second-order valence-corrected chi connectivity index (χ2v) is 2.22. The third-order valence-corrected chi connectivity index (χ3v) is 1.40. The van der Waals surface area contributed by atoms with Crippen molar-refractivity contribution in [1.29, 1.82) is 0 Å². The van der Waals surface area contributed by atoms with Gasteiger partial charge in [-0.25, -0.2) is 5.48 Å². The van der Waals surface area contributed by atoms with E-state index in [0.29, 0.717) is 11.3 Å². The van der Waals surface area contributed by atoms with Crippen LogP contribution in [0.4, 0.5) is 5.69 Å². The zero-order valence-electron chi connectivity index (χ0n) is 8.70. The molecule has 1 aromatic carbocycles. The lowest BCUT2D eigenvalue weighted by Gasteiger charge is -2.03. The Kier molecular flexibility index (Phi) is 6.15. The molecular weight excluding hydrogens is 180 g/mol. The summed E-state index contributed by atoms with van der Waals surface area (Å²) < 4.78 is 0. The molecule has 1 aromatic rings. The first-order valence-electron chi connectivity index (χ1n) is 4.43. The van der Waals surface area contributed by atoms with Crippen molar-refractivity contribution in [3.63, 3.8) is 0 Å². The van der Waals surface area contributed by atoms with Crippen LogP contribution in [-0.2, 0) is 4.84 Å². The molecule has 0 aliphatic rings. The summed E-state index contributed by atoms with van der Waals surface area (Å²) in [4.78, 5) is 15.6. The number of rotatable bonds is 2. The zero-order valence-corrected chi connectivity index (χ0v) is 8.70. The third-order valence-electron chi connectivity index (χ3n) is 1.40. The quantitative estimate of drug-likeness (QED) is 0.557. The smallest absolute Gasteiger partial charge is 0.276 e. The second-order valence-electron chi connectivity index (χ2n) is 2.22. The Labute approximate surface area is 84.0 Å². The van der Waals surface area contributed by atoms with E-state index in [1.54, 1.807) is 24.3 Å².